The van der Waals surface area contributed by atoms with Crippen LogP contribution in [0.1, 0.15) is 51.9 Å². The van der Waals surface area contributed by atoms with E-state index in [1.807, 2.05) is 0 Å². The molecule has 1 heterocycles. The molecule has 3 atom stereocenters. The highest BCUT2D eigenvalue weighted by Crippen LogP contribution is 2.33. The summed E-state index contributed by atoms with van der Waals surface area (Å²) < 4.78 is 0. The summed E-state index contributed by atoms with van der Waals surface area (Å²) >= 11 is 0. The maximum Gasteiger partial charge on any atom is 0.0580 e. The molecule has 0 aromatic carbocycles. The zero-order valence-electron chi connectivity index (χ0n) is 13.7. The number of nitrogens with zero attached hydrogens (tertiary/aromatic N) is 2. The van der Waals surface area contributed by atoms with E-state index in [2.05, 4.69) is 30.8 Å². The van der Waals surface area contributed by atoms with Crippen molar-refractivity contribution in [2.45, 2.75) is 64.0 Å². The van der Waals surface area contributed by atoms with Gasteiger partial charge in [0.15, 0.2) is 0 Å². The Labute approximate surface area is 125 Å². The first kappa shape index (κ1) is 16.3. The molecular weight excluding hydrogens is 248 g/mol. The molecule has 1 saturated heterocycles. The van der Waals surface area contributed by atoms with E-state index in [-0.39, 0.29) is 6.10 Å². The summed E-state index contributed by atoms with van der Waals surface area (Å²) in [6.45, 7) is 5.82. The van der Waals surface area contributed by atoms with E-state index in [1.165, 1.54) is 51.6 Å². The van der Waals surface area contributed by atoms with Gasteiger partial charge in [-0.25, -0.2) is 0 Å². The van der Waals surface area contributed by atoms with Gasteiger partial charge in [-0.2, -0.15) is 0 Å². The Balaban J connectivity index is 1.80. The average molecular weight is 282 g/mol. The number of aliphatic hydroxyl groups is 1. The van der Waals surface area contributed by atoms with Gasteiger partial charge >= 0.3 is 0 Å². The second kappa shape index (κ2) is 7.77. The molecule has 3 unspecified atom stereocenters. The van der Waals surface area contributed by atoms with Crippen molar-refractivity contribution in [2.75, 3.05) is 33.7 Å². The van der Waals surface area contributed by atoms with Gasteiger partial charge in [-0.15, -0.1) is 0 Å². The molecule has 2 rings (SSSR count). The fourth-order valence-electron chi connectivity index (χ4n) is 4.17. The average Bonchev–Trinajstić information content (AvgIpc) is 2.43. The zero-order valence-corrected chi connectivity index (χ0v) is 13.7. The summed E-state index contributed by atoms with van der Waals surface area (Å²) in [7, 11) is 4.49. The fourth-order valence-corrected chi connectivity index (χ4v) is 4.17. The fraction of sp³-hybridized carbons (Fsp3) is 1.00. The van der Waals surface area contributed by atoms with Gasteiger partial charge in [0.05, 0.1) is 6.10 Å². The van der Waals surface area contributed by atoms with Crippen LogP contribution in [0, 0.1) is 11.8 Å². The predicted molar refractivity (Wildman–Crippen MR) is 84.9 cm³/mol. The molecule has 2 fully saturated rings. The van der Waals surface area contributed by atoms with E-state index in [0.29, 0.717) is 5.92 Å². The minimum atomic E-state index is -0.0585. The van der Waals surface area contributed by atoms with Crippen LogP contribution >= 0.6 is 0 Å². The van der Waals surface area contributed by atoms with E-state index in [9.17, 15) is 5.11 Å². The molecular formula is C17H34N2O. The molecule has 0 bridgehead atoms. The van der Waals surface area contributed by atoms with Gasteiger partial charge in [-0.1, -0.05) is 19.8 Å². The van der Waals surface area contributed by atoms with Crippen molar-refractivity contribution < 1.29 is 5.11 Å². The summed E-state index contributed by atoms with van der Waals surface area (Å²) in [5, 5.41) is 10.3. The van der Waals surface area contributed by atoms with Crippen LogP contribution in [0.3, 0.4) is 0 Å². The van der Waals surface area contributed by atoms with Crippen LogP contribution in [-0.2, 0) is 0 Å². The van der Waals surface area contributed by atoms with Crippen LogP contribution in [0.25, 0.3) is 0 Å². The number of likely N-dealkylation sites (tertiary alicyclic amines) is 1. The molecule has 3 heteroatoms. The second-order valence-corrected chi connectivity index (χ2v) is 7.27. The highest BCUT2D eigenvalue weighted by atomic mass is 16.3. The minimum Gasteiger partial charge on any atom is -0.393 e. The third-order valence-corrected chi connectivity index (χ3v) is 5.58. The number of piperidine rings is 1. The van der Waals surface area contributed by atoms with Crippen LogP contribution in [0.5, 0.6) is 0 Å². The SMILES string of the molecule is CCCC1CCC(O)C(CN(C)C2CCN(C)CC2)C1. The number of aliphatic hydroxyl groups excluding tert-OH is 1. The summed E-state index contributed by atoms with van der Waals surface area (Å²) in [6.07, 6.45) is 8.66. The lowest BCUT2D eigenvalue weighted by molar-refractivity contribution is 0.0172. The summed E-state index contributed by atoms with van der Waals surface area (Å²) in [5.74, 6) is 1.37. The van der Waals surface area contributed by atoms with Gasteiger partial charge in [0.2, 0.25) is 0 Å². The first-order valence-corrected chi connectivity index (χ1v) is 8.67. The Morgan fingerprint density at radius 1 is 1.15 bits per heavy atom. The Hall–Kier alpha value is -0.120. The Kier molecular flexibility index (Phi) is 6.31. The molecule has 3 nitrogen and oxygen atoms in total. The molecule has 118 valence electrons. The largest absolute Gasteiger partial charge is 0.393 e. The van der Waals surface area contributed by atoms with Gasteiger partial charge in [0.1, 0.15) is 0 Å². The van der Waals surface area contributed by atoms with Crippen molar-refractivity contribution in [2.24, 2.45) is 11.8 Å². The summed E-state index contributed by atoms with van der Waals surface area (Å²) in [6, 6.07) is 0.727. The molecule has 0 spiro atoms. The molecule has 1 N–H and O–H groups in total. The topological polar surface area (TPSA) is 26.7 Å². The first-order valence-electron chi connectivity index (χ1n) is 8.67. The lowest BCUT2D eigenvalue weighted by Crippen LogP contribution is -2.46. The molecule has 2 aliphatic rings. The van der Waals surface area contributed by atoms with E-state index < -0.39 is 0 Å². The number of hydrogen-bond donors (Lipinski definition) is 1. The van der Waals surface area contributed by atoms with Crippen molar-refractivity contribution >= 4 is 0 Å². The summed E-state index contributed by atoms with van der Waals surface area (Å²) in [4.78, 5) is 4.96. The molecule has 0 radical (unpaired) electrons. The van der Waals surface area contributed by atoms with Crippen LogP contribution in [0.15, 0.2) is 0 Å². The van der Waals surface area contributed by atoms with Crippen molar-refractivity contribution in [3.63, 3.8) is 0 Å². The Bertz CT molecular complexity index is 276. The van der Waals surface area contributed by atoms with Crippen molar-refractivity contribution in [1.29, 1.82) is 0 Å². The third kappa shape index (κ3) is 4.44. The second-order valence-electron chi connectivity index (χ2n) is 7.27. The molecule has 1 saturated carbocycles. The maximum atomic E-state index is 10.3. The first-order chi connectivity index (χ1) is 9.60. The highest BCUT2D eigenvalue weighted by molar-refractivity contribution is 4.84. The molecule has 1 aliphatic heterocycles. The lowest BCUT2D eigenvalue weighted by Gasteiger charge is -2.40. The quantitative estimate of drug-likeness (QED) is 0.839. The van der Waals surface area contributed by atoms with Crippen LogP contribution in [0.2, 0.25) is 0 Å². The molecule has 0 aromatic rings. The van der Waals surface area contributed by atoms with Gasteiger partial charge < -0.3 is 14.9 Å². The van der Waals surface area contributed by atoms with Gasteiger partial charge in [-0.3, -0.25) is 0 Å². The van der Waals surface area contributed by atoms with Crippen LogP contribution in [0.4, 0.5) is 0 Å². The number of hydrogen-bond acceptors (Lipinski definition) is 3. The van der Waals surface area contributed by atoms with E-state index >= 15 is 0 Å². The Morgan fingerprint density at radius 2 is 1.85 bits per heavy atom. The summed E-state index contributed by atoms with van der Waals surface area (Å²) in [5.41, 5.74) is 0. The van der Waals surface area contributed by atoms with E-state index in [4.69, 9.17) is 0 Å². The van der Waals surface area contributed by atoms with Crippen LogP contribution < -0.4 is 0 Å². The number of rotatable bonds is 5. The predicted octanol–water partition coefficient (Wildman–Crippen LogP) is 2.59. The van der Waals surface area contributed by atoms with Crippen molar-refractivity contribution in [3.8, 4) is 0 Å². The minimum absolute atomic E-state index is 0.0585. The van der Waals surface area contributed by atoms with Gasteiger partial charge in [0, 0.05) is 12.6 Å². The lowest BCUT2D eigenvalue weighted by atomic mass is 9.77. The third-order valence-electron chi connectivity index (χ3n) is 5.58. The standard InChI is InChI=1S/C17H34N2O/c1-4-5-14-6-7-17(20)15(12-14)13-19(3)16-8-10-18(2)11-9-16/h14-17,20H,4-13H2,1-3H3. The van der Waals surface area contributed by atoms with Gasteiger partial charge in [-0.05, 0) is 71.1 Å². The molecule has 0 amide bonds. The molecule has 1 aliphatic carbocycles. The van der Waals surface area contributed by atoms with Crippen molar-refractivity contribution in [3.05, 3.63) is 0 Å². The molecule has 20 heavy (non-hydrogen) atoms. The van der Waals surface area contributed by atoms with Crippen molar-refractivity contribution in [1.82, 2.24) is 9.80 Å². The smallest absolute Gasteiger partial charge is 0.0580 e. The van der Waals surface area contributed by atoms with Gasteiger partial charge in [0.25, 0.3) is 0 Å². The zero-order chi connectivity index (χ0) is 14.5. The Morgan fingerprint density at radius 3 is 2.50 bits per heavy atom. The van der Waals surface area contributed by atoms with E-state index in [1.54, 1.807) is 0 Å². The normalized spacial score (nSPS) is 33.8. The molecule has 0 aromatic heterocycles. The van der Waals surface area contributed by atoms with Crippen LogP contribution in [-0.4, -0.2) is 60.8 Å². The highest BCUT2D eigenvalue weighted by Gasteiger charge is 2.31. The van der Waals surface area contributed by atoms with E-state index in [0.717, 1.165) is 24.9 Å². The maximum absolute atomic E-state index is 10.3. The monoisotopic (exact) mass is 282 g/mol.